The number of unbranched alkanes of at least 4 members (excludes halogenated alkanes) is 1. The Kier molecular flexibility index (Phi) is 3.53. The summed E-state index contributed by atoms with van der Waals surface area (Å²) in [7, 11) is 0. The molecule has 1 N–H and O–H groups in total. The molecule has 2 nitrogen and oxygen atoms in total. The predicted octanol–water partition coefficient (Wildman–Crippen LogP) is 1.47. The zero-order valence-electron chi connectivity index (χ0n) is 8.69. The van der Waals surface area contributed by atoms with Crippen LogP contribution >= 0.6 is 0 Å². The second-order valence-electron chi connectivity index (χ2n) is 4.44. The Balaban J connectivity index is 2.26. The SMILES string of the molecule is CCCCN1CCNC(C)(C)C1. The molecule has 1 rings (SSSR count). The van der Waals surface area contributed by atoms with Gasteiger partial charge >= 0.3 is 0 Å². The minimum absolute atomic E-state index is 0.325. The lowest BCUT2D eigenvalue weighted by atomic mass is 10.0. The van der Waals surface area contributed by atoms with Gasteiger partial charge in [-0.15, -0.1) is 0 Å². The van der Waals surface area contributed by atoms with Crippen LogP contribution in [0.4, 0.5) is 0 Å². The molecule has 1 aliphatic rings. The third-order valence-electron chi connectivity index (χ3n) is 2.48. The molecule has 0 saturated carbocycles. The van der Waals surface area contributed by atoms with Crippen LogP contribution in [0.3, 0.4) is 0 Å². The summed E-state index contributed by atoms with van der Waals surface area (Å²) in [6, 6.07) is 0. The molecule has 0 bridgehead atoms. The van der Waals surface area contributed by atoms with E-state index in [1.807, 2.05) is 0 Å². The Morgan fingerprint density at radius 1 is 1.42 bits per heavy atom. The molecule has 0 aromatic carbocycles. The van der Waals surface area contributed by atoms with Crippen LogP contribution in [0.15, 0.2) is 0 Å². The van der Waals surface area contributed by atoms with Crippen molar-refractivity contribution < 1.29 is 0 Å². The van der Waals surface area contributed by atoms with Gasteiger partial charge in [-0.3, -0.25) is 0 Å². The molecule has 1 aliphatic heterocycles. The Hall–Kier alpha value is -0.0800. The van der Waals surface area contributed by atoms with Crippen molar-refractivity contribution in [2.24, 2.45) is 0 Å². The number of hydrogen-bond acceptors (Lipinski definition) is 2. The van der Waals surface area contributed by atoms with E-state index in [1.165, 1.54) is 32.5 Å². The summed E-state index contributed by atoms with van der Waals surface area (Å²) in [5, 5.41) is 3.52. The van der Waals surface area contributed by atoms with Crippen LogP contribution in [0, 0.1) is 0 Å². The summed E-state index contributed by atoms with van der Waals surface area (Å²) in [5.74, 6) is 0. The number of piperazine rings is 1. The molecule has 1 saturated heterocycles. The largest absolute Gasteiger partial charge is 0.309 e. The number of nitrogens with zero attached hydrogens (tertiary/aromatic N) is 1. The summed E-state index contributed by atoms with van der Waals surface area (Å²) in [4.78, 5) is 2.57. The van der Waals surface area contributed by atoms with E-state index in [0.717, 1.165) is 6.54 Å². The van der Waals surface area contributed by atoms with Gasteiger partial charge < -0.3 is 10.2 Å². The van der Waals surface area contributed by atoms with Gasteiger partial charge in [-0.05, 0) is 26.8 Å². The Labute approximate surface area is 76.3 Å². The zero-order chi connectivity index (χ0) is 9.03. The fraction of sp³-hybridized carbons (Fsp3) is 1.00. The first-order valence-electron chi connectivity index (χ1n) is 5.11. The molecule has 0 aromatic heterocycles. The molecule has 0 spiro atoms. The average molecular weight is 170 g/mol. The van der Waals surface area contributed by atoms with Gasteiger partial charge in [0, 0.05) is 25.2 Å². The highest BCUT2D eigenvalue weighted by molar-refractivity contribution is 4.86. The van der Waals surface area contributed by atoms with Crippen molar-refractivity contribution in [3.63, 3.8) is 0 Å². The van der Waals surface area contributed by atoms with Gasteiger partial charge in [-0.1, -0.05) is 13.3 Å². The molecular formula is C10H22N2. The minimum Gasteiger partial charge on any atom is -0.309 e. The van der Waals surface area contributed by atoms with Gasteiger partial charge in [0.1, 0.15) is 0 Å². The molecule has 0 aromatic rings. The highest BCUT2D eigenvalue weighted by atomic mass is 15.2. The fourth-order valence-electron chi connectivity index (χ4n) is 1.82. The summed E-state index contributed by atoms with van der Waals surface area (Å²) in [5.41, 5.74) is 0.325. The highest BCUT2D eigenvalue weighted by Crippen LogP contribution is 2.10. The Morgan fingerprint density at radius 2 is 2.17 bits per heavy atom. The van der Waals surface area contributed by atoms with Crippen molar-refractivity contribution in [2.45, 2.75) is 39.2 Å². The van der Waals surface area contributed by atoms with E-state index in [9.17, 15) is 0 Å². The van der Waals surface area contributed by atoms with E-state index in [4.69, 9.17) is 0 Å². The first-order valence-corrected chi connectivity index (χ1v) is 5.11. The van der Waals surface area contributed by atoms with Crippen LogP contribution in [-0.2, 0) is 0 Å². The maximum atomic E-state index is 3.52. The summed E-state index contributed by atoms with van der Waals surface area (Å²) < 4.78 is 0. The van der Waals surface area contributed by atoms with Crippen molar-refractivity contribution in [3.8, 4) is 0 Å². The van der Waals surface area contributed by atoms with Crippen LogP contribution < -0.4 is 5.32 Å². The molecule has 0 unspecified atom stereocenters. The molecule has 0 radical (unpaired) electrons. The second kappa shape index (κ2) is 4.24. The van der Waals surface area contributed by atoms with Crippen molar-refractivity contribution >= 4 is 0 Å². The molecule has 1 heterocycles. The summed E-state index contributed by atoms with van der Waals surface area (Å²) in [6.07, 6.45) is 2.65. The van der Waals surface area contributed by atoms with Crippen LogP contribution in [0.1, 0.15) is 33.6 Å². The highest BCUT2D eigenvalue weighted by Gasteiger charge is 2.24. The smallest absolute Gasteiger partial charge is 0.0252 e. The average Bonchev–Trinajstić information content (AvgIpc) is 1.99. The van der Waals surface area contributed by atoms with Crippen LogP contribution in [0.2, 0.25) is 0 Å². The first-order chi connectivity index (χ1) is 5.64. The molecule has 0 amide bonds. The standard InChI is InChI=1S/C10H22N2/c1-4-5-7-12-8-6-11-10(2,3)9-12/h11H,4-9H2,1-3H3. The third-order valence-corrected chi connectivity index (χ3v) is 2.48. The zero-order valence-corrected chi connectivity index (χ0v) is 8.69. The van der Waals surface area contributed by atoms with Crippen molar-refractivity contribution in [3.05, 3.63) is 0 Å². The lowest BCUT2D eigenvalue weighted by Crippen LogP contribution is -2.57. The maximum absolute atomic E-state index is 3.52. The van der Waals surface area contributed by atoms with Gasteiger partial charge in [0.15, 0.2) is 0 Å². The van der Waals surface area contributed by atoms with Crippen molar-refractivity contribution in [1.82, 2.24) is 10.2 Å². The van der Waals surface area contributed by atoms with Gasteiger partial charge in [0.05, 0.1) is 0 Å². The van der Waals surface area contributed by atoms with Crippen molar-refractivity contribution in [1.29, 1.82) is 0 Å². The Bertz CT molecular complexity index is 132. The van der Waals surface area contributed by atoms with Gasteiger partial charge in [0.25, 0.3) is 0 Å². The van der Waals surface area contributed by atoms with Crippen molar-refractivity contribution in [2.75, 3.05) is 26.2 Å². The van der Waals surface area contributed by atoms with Crippen LogP contribution in [0.25, 0.3) is 0 Å². The number of hydrogen-bond donors (Lipinski definition) is 1. The van der Waals surface area contributed by atoms with Gasteiger partial charge in [-0.2, -0.15) is 0 Å². The normalized spacial score (nSPS) is 24.2. The molecule has 0 aliphatic carbocycles. The molecule has 72 valence electrons. The van der Waals surface area contributed by atoms with E-state index in [0.29, 0.717) is 5.54 Å². The predicted molar refractivity (Wildman–Crippen MR) is 53.4 cm³/mol. The monoisotopic (exact) mass is 170 g/mol. The van der Waals surface area contributed by atoms with Crippen LogP contribution in [-0.4, -0.2) is 36.6 Å². The van der Waals surface area contributed by atoms with E-state index in [-0.39, 0.29) is 0 Å². The number of rotatable bonds is 3. The lowest BCUT2D eigenvalue weighted by molar-refractivity contribution is 0.153. The Morgan fingerprint density at radius 3 is 2.75 bits per heavy atom. The van der Waals surface area contributed by atoms with Gasteiger partial charge in [-0.25, -0.2) is 0 Å². The minimum atomic E-state index is 0.325. The number of nitrogens with one attached hydrogen (secondary N) is 1. The topological polar surface area (TPSA) is 15.3 Å². The molecule has 12 heavy (non-hydrogen) atoms. The van der Waals surface area contributed by atoms with E-state index < -0.39 is 0 Å². The lowest BCUT2D eigenvalue weighted by Gasteiger charge is -2.39. The summed E-state index contributed by atoms with van der Waals surface area (Å²) in [6.45, 7) is 11.7. The molecular weight excluding hydrogens is 148 g/mol. The second-order valence-corrected chi connectivity index (χ2v) is 4.44. The van der Waals surface area contributed by atoms with E-state index in [2.05, 4.69) is 31.0 Å². The van der Waals surface area contributed by atoms with Gasteiger partial charge in [0.2, 0.25) is 0 Å². The third kappa shape index (κ3) is 3.11. The van der Waals surface area contributed by atoms with E-state index >= 15 is 0 Å². The summed E-state index contributed by atoms with van der Waals surface area (Å²) >= 11 is 0. The quantitative estimate of drug-likeness (QED) is 0.690. The molecule has 2 heteroatoms. The first kappa shape index (κ1) is 10.0. The fourth-order valence-corrected chi connectivity index (χ4v) is 1.82. The molecule has 1 fully saturated rings. The molecule has 0 atom stereocenters. The van der Waals surface area contributed by atoms with E-state index in [1.54, 1.807) is 0 Å². The van der Waals surface area contributed by atoms with Crippen LogP contribution in [0.5, 0.6) is 0 Å². The maximum Gasteiger partial charge on any atom is 0.0252 e.